The number of hydrogen-bond acceptors (Lipinski definition) is 4. The molecule has 3 unspecified atom stereocenters. The van der Waals surface area contributed by atoms with Crippen LogP contribution in [0.25, 0.3) is 0 Å². The lowest BCUT2D eigenvalue weighted by Crippen LogP contribution is -2.38. The van der Waals surface area contributed by atoms with Crippen LogP contribution in [0.5, 0.6) is 0 Å². The monoisotopic (exact) mass is 385 g/mol. The van der Waals surface area contributed by atoms with E-state index in [0.29, 0.717) is 24.6 Å². The van der Waals surface area contributed by atoms with Gasteiger partial charge >= 0.3 is 12.0 Å². The van der Waals surface area contributed by atoms with Crippen LogP contribution in [0.3, 0.4) is 0 Å². The molecule has 0 aromatic heterocycles. The summed E-state index contributed by atoms with van der Waals surface area (Å²) in [6.07, 6.45) is 6.04. The molecular formula is C18H31N3O4S. The van der Waals surface area contributed by atoms with Gasteiger partial charge in [0.2, 0.25) is 5.91 Å². The Labute approximate surface area is 159 Å². The summed E-state index contributed by atoms with van der Waals surface area (Å²) < 4.78 is 0. The normalized spacial score (nSPS) is 24.5. The zero-order valence-corrected chi connectivity index (χ0v) is 16.6. The molecule has 0 aromatic rings. The smallest absolute Gasteiger partial charge is 0.317 e. The summed E-state index contributed by atoms with van der Waals surface area (Å²) in [6.45, 7) is 0.694. The minimum atomic E-state index is -0.759. The Kier molecular flexibility index (Phi) is 8.06. The number of unbranched alkanes of at least 4 members (excludes halogenated alkanes) is 3. The van der Waals surface area contributed by atoms with Gasteiger partial charge in [0.1, 0.15) is 0 Å². The van der Waals surface area contributed by atoms with Crippen molar-refractivity contribution in [3.63, 3.8) is 0 Å². The molecule has 2 fully saturated rings. The molecule has 26 heavy (non-hydrogen) atoms. The van der Waals surface area contributed by atoms with Gasteiger partial charge in [-0.3, -0.25) is 9.59 Å². The number of nitrogens with one attached hydrogen (secondary N) is 1. The molecule has 148 valence electrons. The van der Waals surface area contributed by atoms with E-state index in [0.717, 1.165) is 37.9 Å². The third-order valence-electron chi connectivity index (χ3n) is 5.30. The molecule has 2 rings (SSSR count). The van der Waals surface area contributed by atoms with E-state index in [1.165, 1.54) is 0 Å². The van der Waals surface area contributed by atoms with E-state index in [1.54, 1.807) is 4.90 Å². The van der Waals surface area contributed by atoms with Crippen LogP contribution in [0.2, 0.25) is 0 Å². The Hall–Kier alpha value is -1.44. The quantitative estimate of drug-likeness (QED) is 0.420. The summed E-state index contributed by atoms with van der Waals surface area (Å²) in [5.41, 5.74) is 0. The first-order valence-electron chi connectivity index (χ1n) is 9.51. The van der Waals surface area contributed by atoms with Gasteiger partial charge in [-0.2, -0.15) is 11.8 Å². The summed E-state index contributed by atoms with van der Waals surface area (Å²) in [7, 11) is 3.69. The van der Waals surface area contributed by atoms with E-state index < -0.39 is 5.97 Å². The van der Waals surface area contributed by atoms with Crippen LogP contribution < -0.4 is 5.32 Å². The minimum absolute atomic E-state index is 0.0328. The maximum atomic E-state index is 12.2. The van der Waals surface area contributed by atoms with Gasteiger partial charge in [0.25, 0.3) is 0 Å². The predicted molar refractivity (Wildman–Crippen MR) is 102 cm³/mol. The van der Waals surface area contributed by atoms with Crippen LogP contribution in [0, 0.1) is 0 Å². The molecule has 2 heterocycles. The third-order valence-corrected chi connectivity index (χ3v) is 6.79. The number of aliphatic carboxylic acids is 1. The summed E-state index contributed by atoms with van der Waals surface area (Å²) in [6, 6.07) is 0.596. The highest BCUT2D eigenvalue weighted by Gasteiger charge is 2.46. The van der Waals surface area contributed by atoms with Crippen molar-refractivity contribution in [2.45, 2.75) is 68.7 Å². The lowest BCUT2D eigenvalue weighted by atomic mass is 10.0. The standard InChI is InChI=1S/C18H31N3O4S/c1-20(11-7-3-4-10-16(23)24)15(22)9-6-5-8-14-17-13(12-26-14)19-18(25)21(17)2/h13-14,17H,3-12H2,1-2H3,(H,19,25)(H,23,24). The van der Waals surface area contributed by atoms with E-state index in [-0.39, 0.29) is 30.4 Å². The van der Waals surface area contributed by atoms with Crippen molar-refractivity contribution < 1.29 is 19.5 Å². The number of carboxylic acid groups (broad SMARTS) is 1. The first-order valence-corrected chi connectivity index (χ1v) is 10.6. The fourth-order valence-electron chi connectivity index (χ4n) is 3.72. The highest BCUT2D eigenvalue weighted by molar-refractivity contribution is 8.00. The first-order chi connectivity index (χ1) is 12.4. The van der Waals surface area contributed by atoms with Gasteiger partial charge in [0, 0.05) is 44.5 Å². The number of likely N-dealkylation sites (N-methyl/N-ethyl adjacent to an activating group) is 1. The van der Waals surface area contributed by atoms with Crippen molar-refractivity contribution in [1.29, 1.82) is 0 Å². The lowest BCUT2D eigenvalue weighted by molar-refractivity contribution is -0.137. The number of rotatable bonds is 11. The Morgan fingerprint density at radius 2 is 1.96 bits per heavy atom. The number of amides is 3. The van der Waals surface area contributed by atoms with Gasteiger partial charge in [-0.15, -0.1) is 0 Å². The minimum Gasteiger partial charge on any atom is -0.481 e. The maximum Gasteiger partial charge on any atom is 0.317 e. The molecule has 0 saturated carbocycles. The van der Waals surface area contributed by atoms with Gasteiger partial charge < -0.3 is 20.2 Å². The van der Waals surface area contributed by atoms with Crippen LogP contribution in [-0.2, 0) is 9.59 Å². The molecule has 2 saturated heterocycles. The zero-order valence-electron chi connectivity index (χ0n) is 15.8. The second-order valence-electron chi connectivity index (χ2n) is 7.29. The number of carboxylic acids is 1. The number of fused-ring (bicyclic) bond motifs is 1. The van der Waals surface area contributed by atoms with Crippen LogP contribution >= 0.6 is 11.8 Å². The van der Waals surface area contributed by atoms with Gasteiger partial charge in [0.15, 0.2) is 0 Å². The molecule has 3 amide bonds. The maximum absolute atomic E-state index is 12.2. The molecule has 7 nitrogen and oxygen atoms in total. The van der Waals surface area contributed by atoms with Crippen molar-refractivity contribution in [2.75, 3.05) is 26.4 Å². The van der Waals surface area contributed by atoms with Gasteiger partial charge in [-0.25, -0.2) is 4.79 Å². The Morgan fingerprint density at radius 3 is 2.69 bits per heavy atom. The predicted octanol–water partition coefficient (Wildman–Crippen LogP) is 2.16. The van der Waals surface area contributed by atoms with Crippen LogP contribution in [0.1, 0.15) is 51.4 Å². The van der Waals surface area contributed by atoms with Crippen LogP contribution in [0.15, 0.2) is 0 Å². The zero-order chi connectivity index (χ0) is 19.1. The fraction of sp³-hybridized carbons (Fsp3) is 0.833. The Balaban J connectivity index is 1.55. The molecule has 0 spiro atoms. The van der Waals surface area contributed by atoms with Crippen molar-refractivity contribution in [3.8, 4) is 0 Å². The number of urea groups is 1. The van der Waals surface area contributed by atoms with Gasteiger partial charge in [-0.05, 0) is 25.7 Å². The number of hydrogen-bond donors (Lipinski definition) is 2. The molecule has 0 aliphatic carbocycles. The molecule has 0 radical (unpaired) electrons. The second kappa shape index (κ2) is 10.0. The van der Waals surface area contributed by atoms with Gasteiger partial charge in [-0.1, -0.05) is 12.8 Å². The highest BCUT2D eigenvalue weighted by atomic mass is 32.2. The first kappa shape index (κ1) is 20.9. The van der Waals surface area contributed by atoms with E-state index >= 15 is 0 Å². The largest absolute Gasteiger partial charge is 0.481 e. The summed E-state index contributed by atoms with van der Waals surface area (Å²) in [5.74, 6) is 0.384. The summed E-state index contributed by atoms with van der Waals surface area (Å²) in [4.78, 5) is 37.9. The number of carbonyl (C=O) groups is 3. The van der Waals surface area contributed by atoms with Crippen LogP contribution in [-0.4, -0.2) is 76.5 Å². The van der Waals surface area contributed by atoms with Crippen LogP contribution in [0.4, 0.5) is 4.79 Å². The second-order valence-corrected chi connectivity index (χ2v) is 8.57. The summed E-state index contributed by atoms with van der Waals surface area (Å²) in [5, 5.41) is 12.1. The van der Waals surface area contributed by atoms with Crippen molar-refractivity contribution in [1.82, 2.24) is 15.1 Å². The average Bonchev–Trinajstić information content (AvgIpc) is 3.11. The molecule has 2 N–H and O–H groups in total. The van der Waals surface area contributed by atoms with Crippen molar-refractivity contribution in [2.24, 2.45) is 0 Å². The van der Waals surface area contributed by atoms with Gasteiger partial charge in [0.05, 0.1) is 12.1 Å². The van der Waals surface area contributed by atoms with E-state index in [2.05, 4.69) is 5.32 Å². The Morgan fingerprint density at radius 1 is 1.23 bits per heavy atom. The highest BCUT2D eigenvalue weighted by Crippen LogP contribution is 2.36. The van der Waals surface area contributed by atoms with E-state index in [1.807, 2.05) is 30.8 Å². The number of carbonyl (C=O) groups excluding carboxylic acids is 2. The van der Waals surface area contributed by atoms with E-state index in [4.69, 9.17) is 5.11 Å². The molecule has 2 aliphatic heterocycles. The molecular weight excluding hydrogens is 354 g/mol. The SMILES string of the molecule is CN(CCCCCC(=O)O)C(=O)CCCCC1SCC2NC(=O)N(C)C21. The number of thioether (sulfide) groups is 1. The van der Waals surface area contributed by atoms with Crippen molar-refractivity contribution in [3.05, 3.63) is 0 Å². The third kappa shape index (κ3) is 5.79. The van der Waals surface area contributed by atoms with E-state index in [9.17, 15) is 14.4 Å². The number of nitrogens with zero attached hydrogens (tertiary/aromatic N) is 2. The average molecular weight is 386 g/mol. The lowest BCUT2D eigenvalue weighted by Gasteiger charge is -2.23. The molecule has 8 heteroatoms. The molecule has 0 aromatic carbocycles. The fourth-order valence-corrected chi connectivity index (χ4v) is 5.36. The topological polar surface area (TPSA) is 90.0 Å². The Bertz CT molecular complexity index is 517. The molecule has 0 bridgehead atoms. The molecule has 3 atom stereocenters. The molecule has 2 aliphatic rings. The summed E-state index contributed by atoms with van der Waals surface area (Å²) >= 11 is 1.93. The van der Waals surface area contributed by atoms with Crippen molar-refractivity contribution >= 4 is 29.7 Å².